The van der Waals surface area contributed by atoms with Crippen molar-refractivity contribution in [1.82, 2.24) is 0 Å². The van der Waals surface area contributed by atoms with Gasteiger partial charge in [0.15, 0.2) is 11.4 Å². The first-order chi connectivity index (χ1) is 6.20. The highest BCUT2D eigenvalue weighted by Crippen LogP contribution is 2.23. The number of nitrogens with two attached hydrogens (primary N) is 1. The van der Waals surface area contributed by atoms with E-state index < -0.39 is 5.66 Å². The molecule has 0 fully saturated rings. The molecule has 1 aliphatic heterocycles. The van der Waals surface area contributed by atoms with Gasteiger partial charge in [-0.2, -0.15) is 10.4 Å². The van der Waals surface area contributed by atoms with E-state index in [1.54, 1.807) is 0 Å². The summed E-state index contributed by atoms with van der Waals surface area (Å²) in [6.07, 6.45) is 6.76. The van der Waals surface area contributed by atoms with E-state index in [1.165, 1.54) is 0 Å². The Kier molecular flexibility index (Phi) is 3.15. The van der Waals surface area contributed by atoms with Gasteiger partial charge >= 0.3 is 0 Å². The second-order valence-electron chi connectivity index (χ2n) is 3.17. The number of hydrogen-bond acceptors (Lipinski definition) is 4. The molecule has 0 saturated carbocycles. The molecule has 1 radical (unpaired) electrons. The minimum atomic E-state index is -0.833. The van der Waals surface area contributed by atoms with E-state index in [2.05, 4.69) is 23.2 Å². The zero-order valence-electron chi connectivity index (χ0n) is 7.75. The van der Waals surface area contributed by atoms with Crippen LogP contribution in [-0.4, -0.2) is 5.66 Å². The predicted molar refractivity (Wildman–Crippen MR) is 48.3 cm³/mol. The number of nitrogens with zero attached hydrogens (tertiary/aromatic N) is 3. The second kappa shape index (κ2) is 4.15. The van der Waals surface area contributed by atoms with Crippen LogP contribution in [0.1, 0.15) is 32.6 Å². The fraction of sp³-hybridized carbons (Fsp3) is 0.667. The molecule has 0 spiro atoms. The molecule has 0 aromatic carbocycles. The van der Waals surface area contributed by atoms with Crippen molar-refractivity contribution in [1.29, 1.82) is 5.26 Å². The zero-order valence-corrected chi connectivity index (χ0v) is 7.75. The molecule has 1 unspecified atom stereocenters. The third-order valence-electron chi connectivity index (χ3n) is 1.93. The minimum Gasteiger partial charge on any atom is -0.302 e. The minimum absolute atomic E-state index is 0.207. The van der Waals surface area contributed by atoms with Crippen molar-refractivity contribution in [3.8, 4) is 6.07 Å². The highest BCUT2D eigenvalue weighted by molar-refractivity contribution is 5.22. The summed E-state index contributed by atoms with van der Waals surface area (Å²) in [6.45, 7) is 2.12. The summed E-state index contributed by atoms with van der Waals surface area (Å²) in [5.74, 6) is 0. The average Bonchev–Trinajstić information content (AvgIpc) is 2.49. The number of rotatable bonds is 4. The van der Waals surface area contributed by atoms with Crippen molar-refractivity contribution < 1.29 is 0 Å². The van der Waals surface area contributed by atoms with Crippen LogP contribution in [0, 0.1) is 17.4 Å². The number of hydrogen-bond donors (Lipinski definition) is 1. The molecule has 1 heterocycles. The Bertz CT molecular complexity index is 274. The predicted octanol–water partition coefficient (Wildman–Crippen LogP) is 1.90. The van der Waals surface area contributed by atoms with Crippen LogP contribution in [0.2, 0.25) is 0 Å². The quantitative estimate of drug-likeness (QED) is 0.666. The van der Waals surface area contributed by atoms with Crippen LogP contribution in [0.5, 0.6) is 0 Å². The number of allylic oxidation sites excluding steroid dienone is 1. The lowest BCUT2D eigenvalue weighted by atomic mass is 10.0. The van der Waals surface area contributed by atoms with E-state index in [9.17, 15) is 0 Å². The van der Waals surface area contributed by atoms with Crippen molar-refractivity contribution >= 4 is 0 Å². The Morgan fingerprint density at radius 2 is 2.38 bits per heavy atom. The molecule has 0 aromatic heterocycles. The molecule has 13 heavy (non-hydrogen) atoms. The molecule has 0 bridgehead atoms. The van der Waals surface area contributed by atoms with Gasteiger partial charge in [0.25, 0.3) is 0 Å². The van der Waals surface area contributed by atoms with Gasteiger partial charge in [-0.3, -0.25) is 0 Å². The van der Waals surface area contributed by atoms with Gasteiger partial charge in [-0.15, -0.1) is 5.11 Å². The first-order valence-corrected chi connectivity index (χ1v) is 4.47. The van der Waals surface area contributed by atoms with Gasteiger partial charge in [-0.05, 0) is 12.8 Å². The Morgan fingerprint density at radius 1 is 1.62 bits per heavy atom. The van der Waals surface area contributed by atoms with Crippen molar-refractivity contribution in [3.05, 3.63) is 11.8 Å². The zero-order chi connectivity index (χ0) is 9.73. The molecular formula is C9H13N4. The van der Waals surface area contributed by atoms with Crippen molar-refractivity contribution in [3.63, 3.8) is 0 Å². The Balaban J connectivity index is 2.47. The monoisotopic (exact) mass is 177 g/mol. The molecule has 4 heteroatoms. The van der Waals surface area contributed by atoms with E-state index in [-0.39, 0.29) is 5.70 Å². The summed E-state index contributed by atoms with van der Waals surface area (Å²) in [6, 6.07) is 1.87. The topological polar surface area (TPSA) is 74.5 Å². The molecule has 0 saturated heterocycles. The number of azo groups is 1. The van der Waals surface area contributed by atoms with Gasteiger partial charge in [0, 0.05) is 6.08 Å². The molecular weight excluding hydrogens is 164 g/mol. The Labute approximate surface area is 78.1 Å². The van der Waals surface area contributed by atoms with E-state index in [0.29, 0.717) is 0 Å². The third-order valence-corrected chi connectivity index (χ3v) is 1.93. The van der Waals surface area contributed by atoms with Gasteiger partial charge in [-0.25, -0.2) is 0 Å². The third kappa shape index (κ3) is 2.63. The lowest BCUT2D eigenvalue weighted by molar-refractivity contribution is 0.460. The number of nitriles is 1. The largest absolute Gasteiger partial charge is 0.302 e. The van der Waals surface area contributed by atoms with Crippen LogP contribution in [0.4, 0.5) is 0 Å². The lowest BCUT2D eigenvalue weighted by Gasteiger charge is -2.14. The van der Waals surface area contributed by atoms with E-state index in [4.69, 9.17) is 11.0 Å². The highest BCUT2D eigenvalue weighted by Gasteiger charge is 2.27. The normalized spacial score (nSPS) is 25.8. The van der Waals surface area contributed by atoms with E-state index in [0.717, 1.165) is 25.7 Å². The van der Waals surface area contributed by atoms with Crippen LogP contribution < -0.4 is 5.73 Å². The van der Waals surface area contributed by atoms with Gasteiger partial charge in [0.2, 0.25) is 0 Å². The van der Waals surface area contributed by atoms with Crippen LogP contribution in [0.3, 0.4) is 0 Å². The van der Waals surface area contributed by atoms with Crippen molar-refractivity contribution in [2.75, 3.05) is 0 Å². The van der Waals surface area contributed by atoms with Gasteiger partial charge < -0.3 is 5.73 Å². The maximum absolute atomic E-state index is 8.51. The van der Waals surface area contributed by atoms with Gasteiger partial charge in [0.1, 0.15) is 6.07 Å². The maximum atomic E-state index is 8.51. The molecule has 0 aromatic rings. The first-order valence-electron chi connectivity index (χ1n) is 4.47. The molecule has 2 N–H and O–H groups in total. The first kappa shape index (κ1) is 9.87. The highest BCUT2D eigenvalue weighted by atomic mass is 15.2. The molecule has 1 aliphatic rings. The smallest absolute Gasteiger partial charge is 0.170 e. The Hall–Kier alpha value is -1.21. The van der Waals surface area contributed by atoms with Crippen LogP contribution in [0.15, 0.2) is 15.9 Å². The summed E-state index contributed by atoms with van der Waals surface area (Å²) < 4.78 is 0. The summed E-state index contributed by atoms with van der Waals surface area (Å²) in [4.78, 5) is 0. The van der Waals surface area contributed by atoms with Crippen LogP contribution in [-0.2, 0) is 0 Å². The SMILES string of the molecule is CCCCCC1(N)[C]=C(C#N)N=N1. The average molecular weight is 177 g/mol. The summed E-state index contributed by atoms with van der Waals surface area (Å²) in [7, 11) is 0. The second-order valence-corrected chi connectivity index (χ2v) is 3.17. The standard InChI is InChI=1S/C9H13N4/c1-2-3-4-5-9(11)6-8(7-10)12-13-9/h2-5,11H2,1H3. The van der Waals surface area contributed by atoms with Crippen molar-refractivity contribution in [2.45, 2.75) is 38.3 Å². The van der Waals surface area contributed by atoms with Gasteiger partial charge in [0.05, 0.1) is 0 Å². The summed E-state index contributed by atoms with van der Waals surface area (Å²) >= 11 is 0. The molecule has 0 amide bonds. The van der Waals surface area contributed by atoms with Crippen LogP contribution in [0.25, 0.3) is 0 Å². The fourth-order valence-electron chi connectivity index (χ4n) is 1.20. The summed E-state index contributed by atoms with van der Waals surface area (Å²) in [5.41, 5.74) is 5.20. The summed E-state index contributed by atoms with van der Waals surface area (Å²) in [5, 5.41) is 16.0. The molecule has 1 atom stereocenters. The van der Waals surface area contributed by atoms with E-state index in [1.807, 2.05) is 6.07 Å². The van der Waals surface area contributed by atoms with Gasteiger partial charge in [-0.1, -0.05) is 19.8 Å². The fourth-order valence-corrected chi connectivity index (χ4v) is 1.20. The molecule has 4 nitrogen and oxygen atoms in total. The Morgan fingerprint density at radius 3 is 2.92 bits per heavy atom. The molecule has 1 rings (SSSR count). The van der Waals surface area contributed by atoms with Crippen LogP contribution >= 0.6 is 0 Å². The van der Waals surface area contributed by atoms with Crippen molar-refractivity contribution in [2.24, 2.45) is 16.0 Å². The maximum Gasteiger partial charge on any atom is 0.170 e. The molecule has 0 aliphatic carbocycles. The molecule has 69 valence electrons. The number of unbranched alkanes of at least 4 members (excludes halogenated alkanes) is 2. The lowest BCUT2D eigenvalue weighted by Crippen LogP contribution is -2.33. The van der Waals surface area contributed by atoms with E-state index >= 15 is 0 Å².